The SMILES string of the molecule is O.O.O.O.O.O.O.O.O.O.O.O.O.O.O=P(O)(O)O.[H-].[H-].[H-].[H-].[K+].[Mg+2].[Na+]. The Morgan fingerprint density at radius 2 is 0.500 bits per heavy atom. The molecule has 0 saturated heterocycles. The van der Waals surface area contributed by atoms with Gasteiger partial charge in [-0.2, -0.15) is 0 Å². The average Bonchev–Trinajstić information content (AvgIpc) is 0.722. The fourth-order valence-electron chi connectivity index (χ4n) is 0. The second-order valence-corrected chi connectivity index (χ2v) is 1.54. The van der Waals surface area contributed by atoms with Gasteiger partial charge in [-0.25, -0.2) is 4.57 Å². The first-order valence-electron chi connectivity index (χ1n) is 0.783. The standard InChI is InChI=1S/K.Mg.Na.H3O4P.14H2O.4H/c;;;1-5(2,3)4;;;;;;;;;;;;;;;;;;/h;;;(H3,1,2,3,4);14*1H2;;;;/q+1;+2;+1;;;;;;;;;;;;;;;;4*-1. The molecule has 22 heteroatoms. The molecule has 0 heterocycles. The van der Waals surface area contributed by atoms with E-state index in [-0.39, 0.29) is 186 Å². The van der Waals surface area contributed by atoms with Crippen molar-refractivity contribution in [1.29, 1.82) is 0 Å². The molecule has 0 fully saturated rings. The number of rotatable bonds is 0. The molecule has 0 aromatic carbocycles. The van der Waals surface area contributed by atoms with Crippen molar-refractivity contribution in [2.24, 2.45) is 0 Å². The Morgan fingerprint density at radius 1 is 0.500 bits per heavy atom. The van der Waals surface area contributed by atoms with E-state index in [4.69, 9.17) is 19.2 Å². The Bertz CT molecular complexity index is 85.3. The van der Waals surface area contributed by atoms with E-state index in [2.05, 4.69) is 0 Å². The second-order valence-electron chi connectivity index (χ2n) is 0.513. The molecule has 0 bridgehead atoms. The van der Waals surface area contributed by atoms with Gasteiger partial charge in [0.25, 0.3) is 0 Å². The molecule has 0 spiro atoms. The smallest absolute Gasteiger partial charge is 1.00 e. The van der Waals surface area contributed by atoms with Gasteiger partial charge in [0.1, 0.15) is 0 Å². The molecular formula is H35KMgNaO18P. The first-order valence-corrected chi connectivity index (χ1v) is 2.35. The van der Waals surface area contributed by atoms with Gasteiger partial charge in [0.05, 0.1) is 0 Å². The molecule has 22 heavy (non-hydrogen) atoms. The van der Waals surface area contributed by atoms with Crippen LogP contribution in [0.25, 0.3) is 0 Å². The van der Waals surface area contributed by atoms with Crippen molar-refractivity contribution >= 4 is 30.9 Å². The number of phosphoric acid groups is 1. The quantitative estimate of drug-likeness (QED) is 0.243. The van der Waals surface area contributed by atoms with E-state index in [1.165, 1.54) is 0 Å². The molecule has 0 saturated carbocycles. The minimum atomic E-state index is -4.64. The molecule has 0 atom stereocenters. The van der Waals surface area contributed by atoms with E-state index in [0.29, 0.717) is 0 Å². The molecule has 0 aliphatic rings. The van der Waals surface area contributed by atoms with Crippen molar-refractivity contribution in [3.8, 4) is 0 Å². The molecule has 0 aliphatic carbocycles. The van der Waals surface area contributed by atoms with Crippen LogP contribution in [-0.2, 0) is 4.57 Å². The van der Waals surface area contributed by atoms with E-state index in [1.807, 2.05) is 0 Å². The first-order chi connectivity index (χ1) is 2.00. The Hall–Kier alpha value is 2.95. The molecule has 0 aromatic rings. The molecule has 0 rings (SSSR count). The number of hydrogen-bond donors (Lipinski definition) is 3. The summed E-state index contributed by atoms with van der Waals surface area (Å²) < 4.78 is 8.88. The fourth-order valence-corrected chi connectivity index (χ4v) is 0. The van der Waals surface area contributed by atoms with E-state index in [1.54, 1.807) is 0 Å². The molecule has 31 N–H and O–H groups in total. The summed E-state index contributed by atoms with van der Waals surface area (Å²) in [6.07, 6.45) is 0. The Labute approximate surface area is 211 Å². The average molecular weight is 441 g/mol. The summed E-state index contributed by atoms with van der Waals surface area (Å²) in [7, 11) is -4.64. The third-order valence-corrected chi connectivity index (χ3v) is 0. The molecule has 18 nitrogen and oxygen atoms in total. The van der Waals surface area contributed by atoms with Crippen LogP contribution in [-0.4, -0.2) is 114 Å². The van der Waals surface area contributed by atoms with E-state index in [9.17, 15) is 0 Å². The van der Waals surface area contributed by atoms with Gasteiger partial charge in [-0.3, -0.25) is 0 Å². The maximum atomic E-state index is 8.88. The number of hydrogen-bond acceptors (Lipinski definition) is 1. The van der Waals surface area contributed by atoms with Crippen LogP contribution in [0, 0.1) is 0 Å². The molecule has 0 aliphatic heterocycles. The van der Waals surface area contributed by atoms with Crippen molar-refractivity contribution in [1.82, 2.24) is 0 Å². The van der Waals surface area contributed by atoms with Crippen molar-refractivity contribution in [2.45, 2.75) is 0 Å². The summed E-state index contributed by atoms with van der Waals surface area (Å²) in [6, 6.07) is 0. The molecule has 0 unspecified atom stereocenters. The zero-order chi connectivity index (χ0) is 4.50. The molecule has 0 amide bonds. The molecule has 0 radical (unpaired) electrons. The largest absolute Gasteiger partial charge is 2.00 e. The Morgan fingerprint density at radius 3 is 0.500 bits per heavy atom. The normalized spacial score (nSPS) is 2.68. The van der Waals surface area contributed by atoms with Gasteiger partial charge in [0.2, 0.25) is 0 Å². The predicted molar refractivity (Wildman–Crippen MR) is 75.1 cm³/mol. The van der Waals surface area contributed by atoms with Gasteiger partial charge in [0, 0.05) is 0 Å². The summed E-state index contributed by atoms with van der Waals surface area (Å²) in [5.41, 5.74) is 0. The molecule has 152 valence electrons. The van der Waals surface area contributed by atoms with Crippen molar-refractivity contribution in [3.05, 3.63) is 0 Å². The van der Waals surface area contributed by atoms with Crippen LogP contribution in [0.1, 0.15) is 5.71 Å². The summed E-state index contributed by atoms with van der Waals surface area (Å²) in [5.74, 6) is 0. The summed E-state index contributed by atoms with van der Waals surface area (Å²) in [6.45, 7) is 0. The van der Waals surface area contributed by atoms with Crippen LogP contribution in [0.3, 0.4) is 0 Å². The Balaban J connectivity index is -0.000000000381. The minimum Gasteiger partial charge on any atom is -1.00 e. The first kappa shape index (κ1) is 296. The molecular weight excluding hydrogens is 405 g/mol. The van der Waals surface area contributed by atoms with Gasteiger partial charge in [-0.05, 0) is 0 Å². The van der Waals surface area contributed by atoms with Gasteiger partial charge in [-0.1, -0.05) is 0 Å². The zero-order valence-corrected chi connectivity index (χ0v) is 19.3. The van der Waals surface area contributed by atoms with E-state index >= 15 is 0 Å². The maximum Gasteiger partial charge on any atom is 2.00 e. The van der Waals surface area contributed by atoms with Crippen LogP contribution < -0.4 is 80.9 Å². The second kappa shape index (κ2) is 157. The minimum absolute atomic E-state index is 0. The summed E-state index contributed by atoms with van der Waals surface area (Å²) in [4.78, 5) is 21.6. The fraction of sp³-hybridized carbons (Fsp3) is 0. The van der Waals surface area contributed by atoms with Gasteiger partial charge < -0.3 is 97.1 Å². The molecule has 0 aromatic heterocycles. The van der Waals surface area contributed by atoms with Gasteiger partial charge in [-0.15, -0.1) is 0 Å². The Kier molecular flexibility index (Phi) is 2120. The van der Waals surface area contributed by atoms with E-state index in [0.717, 1.165) is 0 Å². The third kappa shape index (κ3) is 1270. The predicted octanol–water partition coefficient (Wildman–Crippen LogP) is -18.4. The van der Waals surface area contributed by atoms with E-state index < -0.39 is 7.82 Å². The maximum absolute atomic E-state index is 8.88. The van der Waals surface area contributed by atoms with Crippen molar-refractivity contribution < 1.29 is 183 Å². The zero-order valence-electron chi connectivity index (χ0n) is 15.9. The van der Waals surface area contributed by atoms with Crippen LogP contribution in [0.5, 0.6) is 0 Å². The van der Waals surface area contributed by atoms with Gasteiger partial charge >= 0.3 is 112 Å². The van der Waals surface area contributed by atoms with Gasteiger partial charge in [0.15, 0.2) is 0 Å². The topological polar surface area (TPSA) is 519 Å². The van der Waals surface area contributed by atoms with Crippen LogP contribution in [0.15, 0.2) is 0 Å². The van der Waals surface area contributed by atoms with Crippen LogP contribution in [0.4, 0.5) is 0 Å². The van der Waals surface area contributed by atoms with Crippen LogP contribution in [0.2, 0.25) is 0 Å². The van der Waals surface area contributed by atoms with Crippen molar-refractivity contribution in [2.75, 3.05) is 0 Å². The monoisotopic (exact) mass is 440 g/mol. The summed E-state index contributed by atoms with van der Waals surface area (Å²) >= 11 is 0. The van der Waals surface area contributed by atoms with Crippen molar-refractivity contribution in [3.63, 3.8) is 0 Å². The summed E-state index contributed by atoms with van der Waals surface area (Å²) in [5, 5.41) is 0. The van der Waals surface area contributed by atoms with Crippen LogP contribution >= 0.6 is 7.82 Å². The third-order valence-electron chi connectivity index (χ3n) is 0.